The summed E-state index contributed by atoms with van der Waals surface area (Å²) in [6.07, 6.45) is -9.24. The summed E-state index contributed by atoms with van der Waals surface area (Å²) in [5.74, 6) is -8.34. The molecule has 0 aliphatic carbocycles. The van der Waals surface area contributed by atoms with Gasteiger partial charge in [-0.25, -0.2) is 5.26 Å². The second-order valence-electron chi connectivity index (χ2n) is 21.3. The number of hydrogen-bond donors (Lipinski definition) is 14. The van der Waals surface area contributed by atoms with Crippen LogP contribution in [0.3, 0.4) is 0 Å². The number of aromatic nitrogens is 2. The van der Waals surface area contributed by atoms with Crippen molar-refractivity contribution in [2.75, 3.05) is 32.8 Å². The van der Waals surface area contributed by atoms with Crippen molar-refractivity contribution < 1.29 is 97.4 Å². The van der Waals surface area contributed by atoms with Crippen molar-refractivity contribution in [1.29, 1.82) is 0 Å². The van der Waals surface area contributed by atoms with E-state index >= 15 is 0 Å². The molecule has 7 rings (SSSR count). The van der Waals surface area contributed by atoms with Crippen molar-refractivity contribution in [3.05, 3.63) is 77.9 Å². The van der Waals surface area contributed by atoms with Crippen LogP contribution in [0.1, 0.15) is 75.2 Å². The number of ether oxygens (including phenoxy) is 1. The lowest BCUT2D eigenvalue weighted by atomic mass is 9.98. The summed E-state index contributed by atoms with van der Waals surface area (Å²) in [7, 11) is 0. The van der Waals surface area contributed by atoms with Gasteiger partial charge in [0.15, 0.2) is 11.5 Å². The number of rotatable bonds is 20. The summed E-state index contributed by atoms with van der Waals surface area (Å²) in [6.45, 7) is 3.51. The number of fused-ring (bicyclic) bond motifs is 2. The number of carbonyl (C=O) groups excluding carboxylic acids is 7. The number of hydrogen-bond acceptors (Lipinski definition) is 24. The van der Waals surface area contributed by atoms with E-state index in [1.165, 1.54) is 43.3 Å². The monoisotopic (exact) mass is 1220 g/mol. The molecule has 30 nitrogen and oxygen atoms in total. The number of benzene rings is 3. The number of nitrogens with two attached hydrogens (primary N) is 1. The normalized spacial score (nSPS) is 25.6. The molecule has 3 fully saturated rings. The van der Waals surface area contributed by atoms with Gasteiger partial charge in [0, 0.05) is 61.5 Å². The van der Waals surface area contributed by atoms with Gasteiger partial charge >= 0.3 is 0 Å². The molecule has 0 spiro atoms. The Balaban J connectivity index is 1.18. The van der Waals surface area contributed by atoms with Gasteiger partial charge in [0.2, 0.25) is 41.3 Å². The second kappa shape index (κ2) is 30.7. The number of aromatic hydroxyl groups is 1. The molecular formula is C55H72N10O20S. The first-order valence-corrected chi connectivity index (χ1v) is 28.5. The Hall–Kier alpha value is -7.56. The van der Waals surface area contributed by atoms with Gasteiger partial charge in [0.1, 0.15) is 42.0 Å². The Labute approximate surface area is 496 Å². The molecule has 4 aromatic rings. The summed E-state index contributed by atoms with van der Waals surface area (Å²) < 4.78 is 20.6. The Bertz CT molecular complexity index is 2980. The zero-order chi connectivity index (χ0) is 62.4. The second-order valence-corrected chi connectivity index (χ2v) is 21.7. The fourth-order valence-corrected chi connectivity index (χ4v) is 10.4. The molecule has 4 heterocycles. The van der Waals surface area contributed by atoms with Gasteiger partial charge < -0.3 is 91.3 Å². The molecule has 468 valence electrons. The molecular weight excluding hydrogens is 1150 g/mol. The van der Waals surface area contributed by atoms with Crippen LogP contribution >= 0.6 is 12.3 Å². The lowest BCUT2D eigenvalue weighted by molar-refractivity contribution is -0.433. The van der Waals surface area contributed by atoms with Crippen molar-refractivity contribution in [1.82, 2.24) is 46.5 Å². The molecule has 0 bridgehead atoms. The highest BCUT2D eigenvalue weighted by Crippen LogP contribution is 2.32. The van der Waals surface area contributed by atoms with Crippen molar-refractivity contribution in [2.24, 2.45) is 11.7 Å². The average molecular weight is 1230 g/mol. The molecule has 86 heavy (non-hydrogen) atoms. The highest BCUT2D eigenvalue weighted by atomic mass is 32.2. The molecule has 15 N–H and O–H groups in total. The maximum atomic E-state index is 14.7. The van der Waals surface area contributed by atoms with Crippen molar-refractivity contribution >= 4 is 53.7 Å². The van der Waals surface area contributed by atoms with Gasteiger partial charge in [-0.15, -0.1) is 0 Å². The number of unbranched alkanes of at least 4 members (excludes halogenated alkanes) is 2. The number of amides is 7. The lowest BCUT2D eigenvalue weighted by Gasteiger charge is -2.34. The Kier molecular flexibility index (Phi) is 23.5. The third kappa shape index (κ3) is 16.7. The van der Waals surface area contributed by atoms with Gasteiger partial charge in [-0.2, -0.15) is 4.98 Å². The van der Waals surface area contributed by atoms with Crippen LogP contribution in [0.2, 0.25) is 0 Å². The Morgan fingerprint density at radius 3 is 2.20 bits per heavy atom. The number of aliphatic hydroxyl groups is 6. The summed E-state index contributed by atoms with van der Waals surface area (Å²) in [6, 6.07) is 5.30. The van der Waals surface area contributed by atoms with Gasteiger partial charge in [-0.05, 0) is 80.4 Å². The minimum Gasteiger partial charge on any atom is -0.504 e. The van der Waals surface area contributed by atoms with Crippen LogP contribution in [0.5, 0.6) is 17.2 Å². The molecule has 3 aliphatic heterocycles. The van der Waals surface area contributed by atoms with Crippen LogP contribution < -0.4 is 41.2 Å². The quantitative estimate of drug-likeness (QED) is 0.0204. The third-order valence-corrected chi connectivity index (χ3v) is 15.2. The van der Waals surface area contributed by atoms with E-state index in [9.17, 15) is 69.3 Å². The SMILES string of the molecule is CCCCCOc1ccc(-c2nc(-c3ccc(C(=O)N[C@H]4C[C@H](O)CNC(=O)[C@@H]5[C@@H](O)[C@H](C)CN5C(=O)[C@H]([C@H](O)CCN)NC(=O)[C@H]([C@H](O)Cc5ccc(O)c(OSOOO)c5)NC(=O)[C@@H]5C[C@H](O)CN5C(=O)[C@H]([C@H](C)O)NC4=O)cc3)no2)cc1. The number of aliphatic hydroxyl groups excluding tert-OH is 6. The van der Waals surface area contributed by atoms with E-state index in [1.54, 1.807) is 24.3 Å². The van der Waals surface area contributed by atoms with E-state index in [1.807, 2.05) is 0 Å². The molecule has 1 aromatic heterocycles. The molecule has 0 saturated carbocycles. The number of phenolic OH excluding ortho intramolecular Hbond substituents is 1. The molecule has 0 radical (unpaired) electrons. The van der Waals surface area contributed by atoms with Gasteiger partial charge in [-0.1, -0.05) is 59.4 Å². The van der Waals surface area contributed by atoms with Crippen LogP contribution in [0.25, 0.3) is 22.8 Å². The standard InChI is InChI=1S/C55H72N10O20S/c1-4-5-6-19-81-35-14-12-32(13-15-35)53-62-47(63-82-53)30-8-10-31(11-9-30)48(73)58-36-22-33(67)24-57-52(77)45-46(72)27(2)25-65(45)55(79)44(39(70)17-18-56)61-51(76)43(40(71)20-29-7-16-38(69)41(21-29)83-86-85-84-80)60-50(75)37-23-34(68)26-64(37)54(78)42(28(3)66)59-49(36)74/h7-16,21,27-28,33-34,36-37,39-40,42-46,66-72,80H,4-6,17-20,22-26,56H2,1-3H3,(H,57,77)(H,58,73)(H,59,74)(H,60,75)(H,61,76)/t27-,28+,33+,34+,36+,37+,39-,40-,42+,43+,44+,45+,46+/m1/s1. The van der Waals surface area contributed by atoms with Crippen LogP contribution in [0.15, 0.2) is 71.3 Å². The minimum absolute atomic E-state index is 0.0193. The number of carbonyl (C=O) groups is 7. The van der Waals surface area contributed by atoms with E-state index in [0.29, 0.717) is 23.5 Å². The fraction of sp³-hybridized carbons (Fsp3) is 0.509. The predicted molar refractivity (Wildman–Crippen MR) is 300 cm³/mol. The number of nitrogens with one attached hydrogen (secondary N) is 5. The van der Waals surface area contributed by atoms with Crippen LogP contribution in [0.4, 0.5) is 0 Å². The molecule has 3 saturated heterocycles. The molecule has 3 aliphatic rings. The average Bonchev–Trinajstić information content (AvgIpc) is 3.14. The first kappa shape index (κ1) is 66.0. The maximum absolute atomic E-state index is 14.7. The first-order chi connectivity index (χ1) is 41.1. The van der Waals surface area contributed by atoms with Crippen molar-refractivity contribution in [3.63, 3.8) is 0 Å². The molecule has 13 atom stereocenters. The molecule has 7 amide bonds. The third-order valence-electron chi connectivity index (χ3n) is 14.8. The lowest BCUT2D eigenvalue weighted by Crippen LogP contribution is -2.64. The van der Waals surface area contributed by atoms with E-state index in [4.69, 9.17) is 24.4 Å². The minimum atomic E-state index is -2.11. The maximum Gasteiger partial charge on any atom is 0.261 e. The van der Waals surface area contributed by atoms with Crippen LogP contribution in [-0.4, -0.2) is 208 Å². The predicted octanol–water partition coefficient (Wildman–Crippen LogP) is -1.66. The first-order valence-electron chi connectivity index (χ1n) is 27.8. The van der Waals surface area contributed by atoms with Crippen molar-refractivity contribution in [2.45, 2.75) is 139 Å². The zero-order valence-corrected chi connectivity index (χ0v) is 47.9. The summed E-state index contributed by atoms with van der Waals surface area (Å²) in [4.78, 5) is 107. The largest absolute Gasteiger partial charge is 0.504 e. The molecule has 31 heteroatoms. The van der Waals surface area contributed by atoms with Gasteiger partial charge in [0.05, 0.1) is 43.2 Å². The zero-order valence-electron chi connectivity index (χ0n) is 47.1. The summed E-state index contributed by atoms with van der Waals surface area (Å²) >= 11 is 0.0778. The summed E-state index contributed by atoms with van der Waals surface area (Å²) in [5.41, 5.74) is 6.94. The number of nitrogens with zero attached hydrogens (tertiary/aromatic N) is 4. The van der Waals surface area contributed by atoms with E-state index in [-0.39, 0.29) is 60.4 Å². The highest BCUT2D eigenvalue weighted by molar-refractivity contribution is 7.90. The van der Waals surface area contributed by atoms with Gasteiger partial charge in [0.25, 0.3) is 24.1 Å². The smallest absolute Gasteiger partial charge is 0.261 e. The van der Waals surface area contributed by atoms with Crippen LogP contribution in [-0.2, 0) is 44.6 Å². The fourth-order valence-electron chi connectivity index (χ4n) is 10.1. The van der Waals surface area contributed by atoms with Gasteiger partial charge in [-0.3, -0.25) is 33.6 Å². The Morgan fingerprint density at radius 2 is 1.51 bits per heavy atom. The number of β-amino-alcohol motifs (C(OH)–C–C–N with tert-alkyl or cyclic N) is 1. The van der Waals surface area contributed by atoms with Crippen LogP contribution in [0, 0.1) is 5.92 Å². The van der Waals surface area contributed by atoms with E-state index < -0.39 is 158 Å². The highest BCUT2D eigenvalue weighted by Gasteiger charge is 2.50. The molecule has 3 aromatic carbocycles. The molecule has 0 unspecified atom stereocenters. The number of phenols is 1. The summed E-state index contributed by atoms with van der Waals surface area (Å²) in [5, 5.41) is 107. The van der Waals surface area contributed by atoms with E-state index in [2.05, 4.69) is 53.0 Å². The topological polar surface area (TPSA) is 450 Å². The Morgan fingerprint density at radius 1 is 0.826 bits per heavy atom. The van der Waals surface area contributed by atoms with E-state index in [0.717, 1.165) is 42.1 Å². The van der Waals surface area contributed by atoms with Crippen molar-refractivity contribution in [3.8, 4) is 40.1 Å².